The Kier molecular flexibility index (Phi) is 4.94. The van der Waals surface area contributed by atoms with Crippen molar-refractivity contribution in [2.45, 2.75) is 32.9 Å². The predicted molar refractivity (Wildman–Crippen MR) is 96.2 cm³/mol. The van der Waals surface area contributed by atoms with Gasteiger partial charge in [0, 0.05) is 4.88 Å². The highest BCUT2D eigenvalue weighted by molar-refractivity contribution is 7.18. The van der Waals surface area contributed by atoms with Gasteiger partial charge in [-0.1, -0.05) is 19.1 Å². The van der Waals surface area contributed by atoms with E-state index >= 15 is 0 Å². The molecule has 0 saturated carbocycles. The highest BCUT2D eigenvalue weighted by Gasteiger charge is 2.13. The van der Waals surface area contributed by atoms with E-state index in [9.17, 15) is 14.0 Å². The molecule has 25 heavy (non-hydrogen) atoms. The first-order valence-electron chi connectivity index (χ1n) is 8.00. The lowest BCUT2D eigenvalue weighted by molar-refractivity contribution is -0.122. The Bertz CT molecular complexity index is 963. The van der Waals surface area contributed by atoms with Crippen molar-refractivity contribution in [1.29, 1.82) is 0 Å². The molecule has 0 aliphatic heterocycles. The normalized spacial score (nSPS) is 12.3. The predicted octanol–water partition coefficient (Wildman–Crippen LogP) is 3.04. The Labute approximate surface area is 148 Å². The number of aryl methyl sites for hydroxylation is 1. The molecule has 1 aromatic carbocycles. The molecule has 3 aromatic rings. The summed E-state index contributed by atoms with van der Waals surface area (Å²) < 4.78 is 14.3. The number of carbonyl (C=O) groups excluding carboxylic acids is 1. The molecule has 1 amide bonds. The van der Waals surface area contributed by atoms with Crippen LogP contribution in [-0.4, -0.2) is 15.5 Å². The lowest BCUT2D eigenvalue weighted by atomic mass is 10.1. The zero-order valence-corrected chi connectivity index (χ0v) is 14.8. The first kappa shape index (κ1) is 17.3. The van der Waals surface area contributed by atoms with Crippen LogP contribution >= 0.6 is 11.3 Å². The first-order chi connectivity index (χ1) is 12.0. The summed E-state index contributed by atoms with van der Waals surface area (Å²) >= 11 is 1.49. The molecule has 0 saturated heterocycles. The largest absolute Gasteiger partial charge is 0.348 e. The number of thiophene rings is 1. The summed E-state index contributed by atoms with van der Waals surface area (Å²) in [7, 11) is 0. The molecule has 0 spiro atoms. The topological polar surface area (TPSA) is 64.0 Å². The van der Waals surface area contributed by atoms with Crippen molar-refractivity contribution >= 4 is 27.5 Å². The Morgan fingerprint density at radius 3 is 2.76 bits per heavy atom. The molecule has 1 N–H and O–H groups in total. The molecule has 0 unspecified atom stereocenters. The highest BCUT2D eigenvalue weighted by atomic mass is 32.1. The van der Waals surface area contributed by atoms with Gasteiger partial charge in [-0.2, -0.15) is 0 Å². The van der Waals surface area contributed by atoms with Crippen LogP contribution in [0.15, 0.2) is 41.5 Å². The Balaban J connectivity index is 1.74. The molecule has 5 nitrogen and oxygen atoms in total. The minimum atomic E-state index is -0.324. The molecule has 2 aromatic heterocycles. The van der Waals surface area contributed by atoms with Crippen molar-refractivity contribution in [2.24, 2.45) is 0 Å². The van der Waals surface area contributed by atoms with E-state index in [0.717, 1.165) is 16.9 Å². The lowest BCUT2D eigenvalue weighted by Gasteiger charge is -2.14. The average molecular weight is 359 g/mol. The quantitative estimate of drug-likeness (QED) is 0.762. The molecule has 130 valence electrons. The van der Waals surface area contributed by atoms with Crippen molar-refractivity contribution in [3.63, 3.8) is 0 Å². The number of hydrogen-bond acceptors (Lipinski definition) is 4. The van der Waals surface area contributed by atoms with Crippen LogP contribution in [0.4, 0.5) is 4.39 Å². The third kappa shape index (κ3) is 3.76. The summed E-state index contributed by atoms with van der Waals surface area (Å²) in [5.74, 6) is -0.624. The molecule has 7 heteroatoms. The highest BCUT2D eigenvalue weighted by Crippen LogP contribution is 2.21. The minimum absolute atomic E-state index is 0.107. The molecule has 1 atom stereocenters. The molecule has 0 aliphatic rings. The van der Waals surface area contributed by atoms with Gasteiger partial charge in [0.15, 0.2) is 0 Å². The standard InChI is InChI=1S/C18H18FN3O2S/c1-3-14-8-15-17(25-14)20-10-22(18(15)24)9-16(23)21-11(2)12-4-6-13(19)7-5-12/h4-8,10-11H,3,9H2,1-2H3,(H,21,23)/t11-/m0/s1. The van der Waals surface area contributed by atoms with Gasteiger partial charge in [-0.3, -0.25) is 14.2 Å². The molecular formula is C18H18FN3O2S. The molecule has 0 radical (unpaired) electrons. The zero-order valence-electron chi connectivity index (χ0n) is 14.0. The number of hydrogen-bond donors (Lipinski definition) is 1. The van der Waals surface area contributed by atoms with E-state index in [-0.39, 0.29) is 29.9 Å². The van der Waals surface area contributed by atoms with E-state index in [0.29, 0.717) is 10.2 Å². The number of benzene rings is 1. The molecule has 0 fully saturated rings. The van der Waals surface area contributed by atoms with Crippen LogP contribution in [0.25, 0.3) is 10.2 Å². The fourth-order valence-corrected chi connectivity index (χ4v) is 3.50. The Morgan fingerprint density at radius 2 is 2.08 bits per heavy atom. The van der Waals surface area contributed by atoms with Crippen LogP contribution in [0.5, 0.6) is 0 Å². The van der Waals surface area contributed by atoms with Crippen molar-refractivity contribution in [2.75, 3.05) is 0 Å². The molecule has 3 rings (SSSR count). The zero-order chi connectivity index (χ0) is 18.0. The van der Waals surface area contributed by atoms with E-state index < -0.39 is 0 Å². The summed E-state index contributed by atoms with van der Waals surface area (Å²) in [6, 6.07) is 7.50. The number of aromatic nitrogens is 2. The SMILES string of the molecule is CCc1cc2c(=O)n(CC(=O)N[C@@H](C)c3ccc(F)cc3)cnc2s1. The number of nitrogens with zero attached hydrogens (tertiary/aromatic N) is 2. The summed E-state index contributed by atoms with van der Waals surface area (Å²) in [4.78, 5) is 30.8. The van der Waals surface area contributed by atoms with Gasteiger partial charge in [-0.15, -0.1) is 11.3 Å². The molecule has 2 heterocycles. The molecular weight excluding hydrogens is 341 g/mol. The second-order valence-electron chi connectivity index (χ2n) is 5.80. The van der Waals surface area contributed by atoms with Crippen molar-refractivity contribution < 1.29 is 9.18 Å². The van der Waals surface area contributed by atoms with E-state index in [1.54, 1.807) is 12.1 Å². The van der Waals surface area contributed by atoms with Crippen LogP contribution in [-0.2, 0) is 17.8 Å². The van der Waals surface area contributed by atoms with Crippen LogP contribution in [0, 0.1) is 5.82 Å². The molecule has 0 bridgehead atoms. The van der Waals surface area contributed by atoms with Gasteiger partial charge in [0.25, 0.3) is 5.56 Å². The van der Waals surface area contributed by atoms with E-state index in [1.807, 2.05) is 19.9 Å². The second kappa shape index (κ2) is 7.14. The van der Waals surface area contributed by atoms with Crippen LogP contribution in [0.1, 0.15) is 30.3 Å². The smallest absolute Gasteiger partial charge is 0.262 e. The van der Waals surface area contributed by atoms with Gasteiger partial charge >= 0.3 is 0 Å². The summed E-state index contributed by atoms with van der Waals surface area (Å²) in [6.07, 6.45) is 2.25. The van der Waals surface area contributed by atoms with Gasteiger partial charge in [-0.05, 0) is 37.1 Å². The summed E-state index contributed by atoms with van der Waals surface area (Å²) in [5, 5.41) is 3.35. The number of carbonyl (C=O) groups is 1. The number of halogens is 1. The monoisotopic (exact) mass is 359 g/mol. The maximum Gasteiger partial charge on any atom is 0.262 e. The van der Waals surface area contributed by atoms with E-state index in [2.05, 4.69) is 10.3 Å². The third-order valence-electron chi connectivity index (χ3n) is 3.98. The minimum Gasteiger partial charge on any atom is -0.348 e. The van der Waals surface area contributed by atoms with Gasteiger partial charge in [0.2, 0.25) is 5.91 Å². The van der Waals surface area contributed by atoms with Gasteiger partial charge in [0.1, 0.15) is 17.2 Å². The van der Waals surface area contributed by atoms with E-state index in [1.165, 1.54) is 34.4 Å². The number of rotatable bonds is 5. The lowest BCUT2D eigenvalue weighted by Crippen LogP contribution is -2.33. The van der Waals surface area contributed by atoms with E-state index in [4.69, 9.17) is 0 Å². The fraction of sp³-hybridized carbons (Fsp3) is 0.278. The van der Waals surface area contributed by atoms with Crippen molar-refractivity contribution in [3.8, 4) is 0 Å². The van der Waals surface area contributed by atoms with Crippen LogP contribution in [0.2, 0.25) is 0 Å². The van der Waals surface area contributed by atoms with Crippen LogP contribution < -0.4 is 10.9 Å². The van der Waals surface area contributed by atoms with Gasteiger partial charge in [0.05, 0.1) is 17.8 Å². The van der Waals surface area contributed by atoms with Crippen molar-refractivity contribution in [1.82, 2.24) is 14.9 Å². The third-order valence-corrected chi connectivity index (χ3v) is 5.17. The maximum absolute atomic E-state index is 13.0. The Morgan fingerprint density at radius 1 is 1.36 bits per heavy atom. The van der Waals surface area contributed by atoms with Gasteiger partial charge in [-0.25, -0.2) is 9.37 Å². The average Bonchev–Trinajstić information content (AvgIpc) is 3.02. The number of nitrogens with one attached hydrogen (secondary N) is 1. The number of fused-ring (bicyclic) bond motifs is 1. The van der Waals surface area contributed by atoms with Gasteiger partial charge < -0.3 is 5.32 Å². The fourth-order valence-electron chi connectivity index (χ4n) is 2.57. The summed E-state index contributed by atoms with van der Waals surface area (Å²) in [5.41, 5.74) is 0.576. The van der Waals surface area contributed by atoms with Crippen LogP contribution in [0.3, 0.4) is 0 Å². The summed E-state index contributed by atoms with van der Waals surface area (Å²) in [6.45, 7) is 3.72. The maximum atomic E-state index is 13.0. The first-order valence-corrected chi connectivity index (χ1v) is 8.82. The second-order valence-corrected chi connectivity index (χ2v) is 6.92. The van der Waals surface area contributed by atoms with Crippen molar-refractivity contribution in [3.05, 3.63) is 63.3 Å². The Hall–Kier alpha value is -2.54. The molecule has 0 aliphatic carbocycles. The number of amides is 1.